The zero-order chi connectivity index (χ0) is 11.1. The highest BCUT2D eigenvalue weighted by atomic mass is 79.9. The van der Waals surface area contributed by atoms with E-state index in [-0.39, 0.29) is 11.4 Å². The van der Waals surface area contributed by atoms with E-state index >= 15 is 0 Å². The van der Waals surface area contributed by atoms with Crippen LogP contribution in [0, 0.1) is 12.7 Å². The Balaban J connectivity index is 2.45. The maximum Gasteiger partial charge on any atom is 0.140 e. The molecule has 0 aromatic heterocycles. The van der Waals surface area contributed by atoms with Gasteiger partial charge in [-0.3, -0.25) is 0 Å². The molecule has 1 atom stereocenters. The molecule has 1 saturated heterocycles. The Kier molecular flexibility index (Phi) is 2.86. The zero-order valence-corrected chi connectivity index (χ0v) is 10.6. The minimum atomic E-state index is -0.152. The molecule has 1 aromatic carbocycles. The molecule has 82 valence electrons. The molecular weight excluding hydrogens is 257 g/mol. The lowest BCUT2D eigenvalue weighted by atomic mass is 9.89. The van der Waals surface area contributed by atoms with Crippen molar-refractivity contribution in [1.29, 1.82) is 0 Å². The summed E-state index contributed by atoms with van der Waals surface area (Å²) in [4.78, 5) is 0. The molecule has 1 fully saturated rings. The van der Waals surface area contributed by atoms with Crippen LogP contribution in [0.3, 0.4) is 0 Å². The van der Waals surface area contributed by atoms with E-state index in [2.05, 4.69) is 28.2 Å². The molecule has 1 N–H and O–H groups in total. The lowest BCUT2D eigenvalue weighted by Crippen LogP contribution is -2.33. The van der Waals surface area contributed by atoms with E-state index < -0.39 is 0 Å². The van der Waals surface area contributed by atoms with Gasteiger partial charge in [-0.05, 0) is 66.4 Å². The third-order valence-corrected chi connectivity index (χ3v) is 3.79. The first-order valence-electron chi connectivity index (χ1n) is 5.24. The van der Waals surface area contributed by atoms with Gasteiger partial charge >= 0.3 is 0 Å². The normalized spacial score (nSPS) is 25.9. The minimum Gasteiger partial charge on any atom is -0.308 e. The van der Waals surface area contributed by atoms with Gasteiger partial charge in [-0.1, -0.05) is 6.07 Å². The maximum atomic E-state index is 13.5. The first kappa shape index (κ1) is 11.1. The fourth-order valence-corrected chi connectivity index (χ4v) is 2.75. The number of aryl methyl sites for hydroxylation is 1. The topological polar surface area (TPSA) is 12.0 Å². The van der Waals surface area contributed by atoms with Crippen LogP contribution in [0.15, 0.2) is 16.6 Å². The Morgan fingerprint density at radius 2 is 2.20 bits per heavy atom. The van der Waals surface area contributed by atoms with Crippen molar-refractivity contribution < 1.29 is 4.39 Å². The van der Waals surface area contributed by atoms with E-state index in [0.29, 0.717) is 10.0 Å². The molecule has 1 aromatic rings. The molecule has 0 saturated carbocycles. The SMILES string of the molecule is Cc1cc(C2(C)CCCN2)cc(Br)c1F. The molecule has 2 rings (SSSR count). The van der Waals surface area contributed by atoms with E-state index in [1.165, 1.54) is 12.0 Å². The van der Waals surface area contributed by atoms with Gasteiger partial charge in [-0.25, -0.2) is 4.39 Å². The highest BCUT2D eigenvalue weighted by Gasteiger charge is 2.30. The van der Waals surface area contributed by atoms with Crippen LogP contribution < -0.4 is 5.32 Å². The number of halogens is 2. The van der Waals surface area contributed by atoms with Crippen molar-refractivity contribution in [1.82, 2.24) is 5.32 Å². The number of hydrogen-bond acceptors (Lipinski definition) is 1. The maximum absolute atomic E-state index is 13.5. The van der Waals surface area contributed by atoms with Crippen molar-refractivity contribution in [2.75, 3.05) is 6.54 Å². The van der Waals surface area contributed by atoms with Gasteiger partial charge in [0, 0.05) is 5.54 Å². The summed E-state index contributed by atoms with van der Waals surface area (Å²) in [6.07, 6.45) is 2.30. The molecule has 15 heavy (non-hydrogen) atoms. The monoisotopic (exact) mass is 271 g/mol. The highest BCUT2D eigenvalue weighted by molar-refractivity contribution is 9.10. The molecule has 1 aliphatic rings. The van der Waals surface area contributed by atoms with Crippen LogP contribution in [-0.2, 0) is 5.54 Å². The van der Waals surface area contributed by atoms with E-state index in [4.69, 9.17) is 0 Å². The lowest BCUT2D eigenvalue weighted by molar-refractivity contribution is 0.433. The van der Waals surface area contributed by atoms with Crippen molar-refractivity contribution in [2.45, 2.75) is 32.2 Å². The van der Waals surface area contributed by atoms with Gasteiger partial charge < -0.3 is 5.32 Å². The summed E-state index contributed by atoms with van der Waals surface area (Å²) in [7, 11) is 0. The first-order valence-corrected chi connectivity index (χ1v) is 6.03. The van der Waals surface area contributed by atoms with Crippen LogP contribution in [0.2, 0.25) is 0 Å². The molecule has 0 amide bonds. The molecule has 1 nitrogen and oxygen atoms in total. The minimum absolute atomic E-state index is 0.0149. The van der Waals surface area contributed by atoms with Crippen molar-refractivity contribution in [2.24, 2.45) is 0 Å². The first-order chi connectivity index (χ1) is 7.03. The second kappa shape index (κ2) is 3.87. The van der Waals surface area contributed by atoms with E-state index in [9.17, 15) is 4.39 Å². The van der Waals surface area contributed by atoms with Gasteiger partial charge in [0.1, 0.15) is 5.82 Å². The smallest absolute Gasteiger partial charge is 0.140 e. The third-order valence-electron chi connectivity index (χ3n) is 3.22. The molecule has 0 aliphatic carbocycles. The van der Waals surface area contributed by atoms with Crippen molar-refractivity contribution in [3.63, 3.8) is 0 Å². The standard InChI is InChI=1S/C12H15BrFN/c1-8-6-9(7-10(13)11(8)14)12(2)4-3-5-15-12/h6-7,15H,3-5H2,1-2H3. The number of nitrogens with one attached hydrogen (secondary N) is 1. The molecule has 3 heteroatoms. The quantitative estimate of drug-likeness (QED) is 0.825. The summed E-state index contributed by atoms with van der Waals surface area (Å²) < 4.78 is 14.0. The van der Waals surface area contributed by atoms with Gasteiger partial charge in [0.25, 0.3) is 0 Å². The van der Waals surface area contributed by atoms with Crippen LogP contribution in [0.5, 0.6) is 0 Å². The number of rotatable bonds is 1. The summed E-state index contributed by atoms with van der Waals surface area (Å²) in [6.45, 7) is 5.03. The Labute approximate surface area is 98.2 Å². The van der Waals surface area contributed by atoms with E-state index in [1.54, 1.807) is 0 Å². The molecular formula is C12H15BrFN. The fraction of sp³-hybridized carbons (Fsp3) is 0.500. The summed E-state index contributed by atoms with van der Waals surface area (Å²) in [6, 6.07) is 3.83. The average Bonchev–Trinajstić information content (AvgIpc) is 2.62. The molecule has 0 bridgehead atoms. The second-order valence-corrected chi connectivity index (χ2v) is 5.31. The highest BCUT2D eigenvalue weighted by Crippen LogP contribution is 2.33. The van der Waals surface area contributed by atoms with Crippen LogP contribution in [0.4, 0.5) is 4.39 Å². The molecule has 0 radical (unpaired) electrons. The van der Waals surface area contributed by atoms with Gasteiger partial charge in [-0.15, -0.1) is 0 Å². The number of benzene rings is 1. The third kappa shape index (κ3) is 1.95. The van der Waals surface area contributed by atoms with Crippen molar-refractivity contribution in [3.05, 3.63) is 33.5 Å². The van der Waals surface area contributed by atoms with Gasteiger partial charge in [0.2, 0.25) is 0 Å². The molecule has 1 unspecified atom stereocenters. The molecule has 1 aliphatic heterocycles. The van der Waals surface area contributed by atoms with Crippen molar-refractivity contribution in [3.8, 4) is 0 Å². The Hall–Kier alpha value is -0.410. The number of hydrogen-bond donors (Lipinski definition) is 1. The Morgan fingerprint density at radius 3 is 2.73 bits per heavy atom. The Bertz CT molecular complexity index is 360. The average molecular weight is 272 g/mol. The predicted molar refractivity (Wildman–Crippen MR) is 63.4 cm³/mol. The summed E-state index contributed by atoms with van der Waals surface area (Å²) in [5, 5.41) is 3.48. The van der Waals surface area contributed by atoms with Gasteiger partial charge in [0.15, 0.2) is 0 Å². The molecule has 1 heterocycles. The van der Waals surface area contributed by atoms with Crippen molar-refractivity contribution >= 4 is 15.9 Å². The van der Waals surface area contributed by atoms with E-state index in [0.717, 1.165) is 13.0 Å². The van der Waals surface area contributed by atoms with Crippen LogP contribution in [0.25, 0.3) is 0 Å². The lowest BCUT2D eigenvalue weighted by Gasteiger charge is -2.25. The largest absolute Gasteiger partial charge is 0.308 e. The van der Waals surface area contributed by atoms with Crippen LogP contribution in [-0.4, -0.2) is 6.54 Å². The zero-order valence-electron chi connectivity index (χ0n) is 9.03. The summed E-state index contributed by atoms with van der Waals surface area (Å²) in [5.74, 6) is -0.152. The van der Waals surface area contributed by atoms with Crippen LogP contribution >= 0.6 is 15.9 Å². The summed E-state index contributed by atoms with van der Waals surface area (Å²) in [5.41, 5.74) is 1.89. The Morgan fingerprint density at radius 1 is 1.47 bits per heavy atom. The molecule has 0 spiro atoms. The fourth-order valence-electron chi connectivity index (χ4n) is 2.19. The van der Waals surface area contributed by atoms with Gasteiger partial charge in [-0.2, -0.15) is 0 Å². The van der Waals surface area contributed by atoms with E-state index in [1.807, 2.05) is 19.1 Å². The predicted octanol–water partition coefficient (Wildman–Crippen LogP) is 3.50. The van der Waals surface area contributed by atoms with Crippen LogP contribution in [0.1, 0.15) is 30.9 Å². The summed E-state index contributed by atoms with van der Waals surface area (Å²) >= 11 is 3.27. The van der Waals surface area contributed by atoms with Gasteiger partial charge in [0.05, 0.1) is 4.47 Å². The second-order valence-electron chi connectivity index (χ2n) is 4.45.